The second-order valence-corrected chi connectivity index (χ2v) is 9.88. The summed E-state index contributed by atoms with van der Waals surface area (Å²) in [4.78, 5) is 14.9. The predicted octanol–water partition coefficient (Wildman–Crippen LogP) is 3.72. The molecule has 5 unspecified atom stereocenters. The Morgan fingerprint density at radius 2 is 2.10 bits per heavy atom. The number of carbonyl (C=O) groups is 1. The third-order valence-electron chi connectivity index (χ3n) is 7.80. The first kappa shape index (κ1) is 19.9. The molecule has 1 aromatic rings. The summed E-state index contributed by atoms with van der Waals surface area (Å²) < 4.78 is 15.8. The van der Waals surface area contributed by atoms with E-state index in [9.17, 15) is 10.1 Å². The molecule has 1 saturated heterocycles. The highest BCUT2D eigenvalue weighted by Gasteiger charge is 2.57. The van der Waals surface area contributed by atoms with E-state index in [0.717, 1.165) is 41.7 Å². The Balaban J connectivity index is 1.92. The van der Waals surface area contributed by atoms with Gasteiger partial charge in [-0.3, -0.25) is 15.1 Å². The zero-order valence-corrected chi connectivity index (χ0v) is 17.3. The van der Waals surface area contributed by atoms with Gasteiger partial charge >= 0.3 is 0 Å². The molecule has 3 N–H and O–H groups in total. The fraction of sp³-hybridized carbons (Fsp3) is 0.609. The van der Waals surface area contributed by atoms with Crippen LogP contribution >= 0.6 is 0 Å². The van der Waals surface area contributed by atoms with Crippen molar-refractivity contribution in [1.29, 1.82) is 10.7 Å². The minimum atomic E-state index is -1.62. The van der Waals surface area contributed by atoms with Gasteiger partial charge < -0.3 is 5.73 Å². The van der Waals surface area contributed by atoms with Crippen LogP contribution in [0, 0.1) is 39.9 Å². The molecule has 0 radical (unpaired) electrons. The van der Waals surface area contributed by atoms with Crippen LogP contribution in [-0.2, 0) is 11.2 Å². The number of nitrogens with one attached hydrogen (secondary N) is 1. The molecule has 0 aromatic heterocycles. The molecule has 6 heteroatoms. The zero-order valence-electron chi connectivity index (χ0n) is 17.3. The Morgan fingerprint density at radius 1 is 1.38 bits per heavy atom. The maximum atomic E-state index is 15.8. The highest BCUT2D eigenvalue weighted by Crippen LogP contribution is 2.60. The van der Waals surface area contributed by atoms with Crippen molar-refractivity contribution < 1.29 is 9.18 Å². The summed E-state index contributed by atoms with van der Waals surface area (Å²) in [6.45, 7) is 5.47. The Kier molecular flexibility index (Phi) is 4.49. The monoisotopic (exact) mass is 396 g/mol. The van der Waals surface area contributed by atoms with Crippen LogP contribution in [-0.4, -0.2) is 29.0 Å². The Morgan fingerprint density at radius 3 is 2.76 bits per heavy atom. The summed E-state index contributed by atoms with van der Waals surface area (Å²) in [6.07, 6.45) is 3.38. The zero-order chi connectivity index (χ0) is 21.1. The maximum absolute atomic E-state index is 15.8. The number of carbonyl (C=O) groups excluding carboxylic acids is 1. The van der Waals surface area contributed by atoms with Crippen LogP contribution in [0.15, 0.2) is 18.2 Å². The van der Waals surface area contributed by atoms with Gasteiger partial charge in [0.2, 0.25) is 5.91 Å². The van der Waals surface area contributed by atoms with E-state index in [-0.39, 0.29) is 29.7 Å². The molecular formula is C23H29FN4O. The number of nitrogens with two attached hydrogens (primary N) is 1. The fourth-order valence-corrected chi connectivity index (χ4v) is 6.43. The Labute approximate surface area is 171 Å². The van der Waals surface area contributed by atoms with Gasteiger partial charge in [0.15, 0.2) is 5.96 Å². The van der Waals surface area contributed by atoms with Crippen molar-refractivity contribution in [2.45, 2.75) is 58.0 Å². The van der Waals surface area contributed by atoms with E-state index in [0.29, 0.717) is 11.5 Å². The second-order valence-electron chi connectivity index (χ2n) is 9.88. The highest BCUT2D eigenvalue weighted by atomic mass is 19.1. The number of nitriles is 1. The summed E-state index contributed by atoms with van der Waals surface area (Å²) in [5, 5.41) is 17.4. The van der Waals surface area contributed by atoms with Gasteiger partial charge in [-0.1, -0.05) is 19.9 Å². The Hall–Kier alpha value is -2.42. The van der Waals surface area contributed by atoms with Gasteiger partial charge in [0.05, 0.1) is 24.1 Å². The van der Waals surface area contributed by atoms with Crippen molar-refractivity contribution in [3.63, 3.8) is 0 Å². The van der Waals surface area contributed by atoms with Crippen molar-refractivity contribution in [2.75, 3.05) is 6.54 Å². The van der Waals surface area contributed by atoms with Gasteiger partial charge in [0.25, 0.3) is 0 Å². The molecule has 6 atom stereocenters. The number of rotatable bonds is 0. The van der Waals surface area contributed by atoms with Crippen LogP contribution in [0.25, 0.3) is 0 Å². The predicted molar refractivity (Wildman–Crippen MR) is 109 cm³/mol. The molecule has 1 saturated carbocycles. The largest absolute Gasteiger partial charge is 0.370 e. The maximum Gasteiger partial charge on any atom is 0.237 e. The quantitative estimate of drug-likeness (QED) is 0.517. The SMILES string of the molecule is CC1CC2CC3(Cc4ccc(C#N)cc4[C@H]3C(=O)N(C(=N)N)CC(C)(F)C2C)C1. The molecule has 1 heterocycles. The van der Waals surface area contributed by atoms with Crippen molar-refractivity contribution in [3.8, 4) is 6.07 Å². The van der Waals surface area contributed by atoms with E-state index in [2.05, 4.69) is 13.0 Å². The van der Waals surface area contributed by atoms with Crippen LogP contribution in [0.2, 0.25) is 0 Å². The van der Waals surface area contributed by atoms with Gasteiger partial charge in [-0.2, -0.15) is 5.26 Å². The van der Waals surface area contributed by atoms with Gasteiger partial charge in [-0.15, -0.1) is 0 Å². The molecule has 1 aliphatic heterocycles. The van der Waals surface area contributed by atoms with Crippen LogP contribution < -0.4 is 5.73 Å². The number of fused-ring (bicyclic) bond motifs is 3. The lowest BCUT2D eigenvalue weighted by Crippen LogP contribution is -2.52. The number of hydrogen-bond donors (Lipinski definition) is 2. The molecule has 29 heavy (non-hydrogen) atoms. The molecule has 154 valence electrons. The normalized spacial score (nSPS) is 38.9. The molecule has 1 aromatic carbocycles. The molecule has 1 amide bonds. The molecule has 1 spiro atoms. The molecule has 2 fully saturated rings. The number of alkyl halides is 1. The van der Waals surface area contributed by atoms with E-state index in [4.69, 9.17) is 11.1 Å². The summed E-state index contributed by atoms with van der Waals surface area (Å²) in [5.41, 5.74) is 6.33. The number of hydrogen-bond acceptors (Lipinski definition) is 3. The summed E-state index contributed by atoms with van der Waals surface area (Å²) >= 11 is 0. The number of halogens is 1. The van der Waals surface area contributed by atoms with Gasteiger partial charge in [-0.05, 0) is 79.0 Å². The molecule has 4 rings (SSSR count). The van der Waals surface area contributed by atoms with Gasteiger partial charge in [0.1, 0.15) is 5.67 Å². The van der Waals surface area contributed by atoms with Gasteiger partial charge in [0, 0.05) is 0 Å². The highest BCUT2D eigenvalue weighted by molar-refractivity contribution is 5.99. The number of amides is 1. The molecular weight excluding hydrogens is 367 g/mol. The second kappa shape index (κ2) is 6.55. The standard InChI is InChI=1S/C23H29FN4O/c1-13-6-17-10-23(8-13)9-16-5-4-15(11-25)7-18(16)19(23)20(29)28(21(26)27)12-22(3,24)14(17)2/h4-5,7,13-14,17,19H,6,8-10,12H2,1-3H3,(H3,26,27)/t13?,14?,17?,19-,22?,23?/m0/s1. The van der Waals surface area contributed by atoms with Crippen LogP contribution in [0.1, 0.15) is 62.6 Å². The van der Waals surface area contributed by atoms with Crippen LogP contribution in [0.3, 0.4) is 0 Å². The van der Waals surface area contributed by atoms with E-state index < -0.39 is 17.5 Å². The third kappa shape index (κ3) is 3.02. The molecule has 2 aliphatic carbocycles. The van der Waals surface area contributed by atoms with Crippen molar-refractivity contribution in [1.82, 2.24) is 4.90 Å². The number of nitrogens with zero attached hydrogens (tertiary/aromatic N) is 2. The third-order valence-corrected chi connectivity index (χ3v) is 7.80. The summed E-state index contributed by atoms with van der Waals surface area (Å²) in [6, 6.07) is 7.75. The minimum absolute atomic E-state index is 0.167. The first-order chi connectivity index (χ1) is 13.6. The number of guanidine groups is 1. The summed E-state index contributed by atoms with van der Waals surface area (Å²) in [7, 11) is 0. The lowest BCUT2D eigenvalue weighted by molar-refractivity contribution is -0.133. The van der Waals surface area contributed by atoms with Crippen molar-refractivity contribution in [2.24, 2.45) is 28.9 Å². The topological polar surface area (TPSA) is 94.0 Å². The van der Waals surface area contributed by atoms with Gasteiger partial charge in [-0.25, -0.2) is 4.39 Å². The lowest BCUT2D eigenvalue weighted by Gasteiger charge is -2.46. The van der Waals surface area contributed by atoms with Crippen molar-refractivity contribution >= 4 is 11.9 Å². The molecule has 3 aliphatic rings. The van der Waals surface area contributed by atoms with E-state index in [1.165, 1.54) is 6.92 Å². The number of benzene rings is 1. The molecule has 5 nitrogen and oxygen atoms in total. The smallest absolute Gasteiger partial charge is 0.237 e. The fourth-order valence-electron chi connectivity index (χ4n) is 6.43. The van der Waals surface area contributed by atoms with Crippen LogP contribution in [0.4, 0.5) is 4.39 Å². The first-order valence-electron chi connectivity index (χ1n) is 10.5. The van der Waals surface area contributed by atoms with E-state index in [1.807, 2.05) is 19.1 Å². The van der Waals surface area contributed by atoms with Crippen LogP contribution in [0.5, 0.6) is 0 Å². The van der Waals surface area contributed by atoms with E-state index >= 15 is 4.39 Å². The van der Waals surface area contributed by atoms with E-state index in [1.54, 1.807) is 6.07 Å². The first-order valence-corrected chi connectivity index (χ1v) is 10.5. The average molecular weight is 397 g/mol. The molecule has 2 bridgehead atoms. The Bertz CT molecular complexity index is 920. The minimum Gasteiger partial charge on any atom is -0.370 e. The summed E-state index contributed by atoms with van der Waals surface area (Å²) in [5.74, 6) is -0.876. The lowest BCUT2D eigenvalue weighted by atomic mass is 9.57. The average Bonchev–Trinajstić information content (AvgIpc) is 2.95. The van der Waals surface area contributed by atoms with Crippen molar-refractivity contribution in [3.05, 3.63) is 34.9 Å².